The van der Waals surface area contributed by atoms with Crippen LogP contribution in [0.3, 0.4) is 0 Å². The maximum atomic E-state index is 12.4. The predicted octanol–water partition coefficient (Wildman–Crippen LogP) is 3.85. The second-order valence-corrected chi connectivity index (χ2v) is 8.59. The van der Waals surface area contributed by atoms with E-state index in [1.807, 2.05) is 24.4 Å². The van der Waals surface area contributed by atoms with Crippen LogP contribution in [0.2, 0.25) is 0 Å². The lowest BCUT2D eigenvalue weighted by Crippen LogP contribution is -2.21. The van der Waals surface area contributed by atoms with E-state index >= 15 is 0 Å². The molecule has 0 unspecified atom stereocenters. The summed E-state index contributed by atoms with van der Waals surface area (Å²) in [7, 11) is 0. The molecule has 0 atom stereocenters. The zero-order chi connectivity index (χ0) is 24.5. The molecule has 3 heterocycles. The molecule has 0 saturated carbocycles. The van der Waals surface area contributed by atoms with Crippen LogP contribution >= 0.6 is 11.3 Å². The first-order chi connectivity index (χ1) is 16.9. The lowest BCUT2D eigenvalue weighted by atomic mass is 10.1. The van der Waals surface area contributed by atoms with E-state index in [2.05, 4.69) is 20.7 Å². The van der Waals surface area contributed by atoms with Gasteiger partial charge in [-0.25, -0.2) is 9.31 Å². The van der Waals surface area contributed by atoms with Gasteiger partial charge >= 0.3 is 5.63 Å². The molecule has 2 amide bonds. The molecule has 0 aliphatic heterocycles. The normalized spacial score (nSPS) is 11.0. The molecule has 5 aromatic rings. The topological polar surface area (TPSA) is 128 Å². The van der Waals surface area contributed by atoms with Crippen molar-refractivity contribution in [1.29, 1.82) is 0 Å². The Morgan fingerprint density at radius 3 is 2.69 bits per heavy atom. The highest BCUT2D eigenvalue weighted by Gasteiger charge is 2.14. The molecule has 0 saturated heterocycles. The summed E-state index contributed by atoms with van der Waals surface area (Å²) < 4.78 is 12.4. The Morgan fingerprint density at radius 1 is 1.11 bits per heavy atom. The number of fused-ring (bicyclic) bond motifs is 2. The number of hydrogen-bond acceptors (Lipinski definition) is 8. The number of hydrogen-bond donors (Lipinski definition) is 2. The van der Waals surface area contributed by atoms with E-state index in [1.54, 1.807) is 34.8 Å². The van der Waals surface area contributed by atoms with Gasteiger partial charge in [0, 0.05) is 41.1 Å². The first-order valence-electron chi connectivity index (χ1n) is 10.6. The van der Waals surface area contributed by atoms with E-state index in [0.29, 0.717) is 22.0 Å². The van der Waals surface area contributed by atoms with Crippen LogP contribution in [0.15, 0.2) is 63.1 Å². The van der Waals surface area contributed by atoms with Gasteiger partial charge in [0.2, 0.25) is 10.9 Å². The van der Waals surface area contributed by atoms with Crippen molar-refractivity contribution in [3.05, 3.63) is 69.9 Å². The SMILES string of the molecule is CC(=O)Nc1ccc(-c2csc3nc(NC(=O)COc4ccc5c(C)cc(=O)oc5c4)nn23)cc1. The number of nitrogens with one attached hydrogen (secondary N) is 2. The molecular formula is C24H19N5O5S. The quantitative estimate of drug-likeness (QED) is 0.347. The molecule has 2 aromatic carbocycles. The van der Waals surface area contributed by atoms with Gasteiger partial charge < -0.3 is 14.5 Å². The third-order valence-corrected chi connectivity index (χ3v) is 5.94. The van der Waals surface area contributed by atoms with Crippen molar-refractivity contribution in [1.82, 2.24) is 14.6 Å². The van der Waals surface area contributed by atoms with E-state index in [9.17, 15) is 14.4 Å². The lowest BCUT2D eigenvalue weighted by Gasteiger charge is -2.07. The Bertz CT molecular complexity index is 1630. The summed E-state index contributed by atoms with van der Waals surface area (Å²) in [6.45, 7) is 3.00. The number of benzene rings is 2. The van der Waals surface area contributed by atoms with E-state index in [0.717, 1.165) is 22.2 Å². The summed E-state index contributed by atoms with van der Waals surface area (Å²) in [5.41, 5.74) is 3.13. The van der Waals surface area contributed by atoms with Crippen molar-refractivity contribution in [2.24, 2.45) is 0 Å². The maximum Gasteiger partial charge on any atom is 0.336 e. The minimum atomic E-state index is -0.446. The molecule has 5 rings (SSSR count). The standard InChI is InChI=1S/C24H19N5O5S/c1-13-9-22(32)34-20-10-17(7-8-18(13)20)33-11-21(31)26-23-27-24-29(28-23)19(12-35-24)15-3-5-16(6-4-15)25-14(2)30/h3-10,12H,11H2,1-2H3,(H,25,30)(H,26,28,31). The number of ether oxygens (including phenoxy) is 1. The van der Waals surface area contributed by atoms with Crippen LogP contribution in [0.4, 0.5) is 11.6 Å². The molecule has 0 radical (unpaired) electrons. The second-order valence-electron chi connectivity index (χ2n) is 7.75. The number of carbonyl (C=O) groups is 2. The number of aryl methyl sites for hydroxylation is 1. The molecule has 2 N–H and O–H groups in total. The Kier molecular flexibility index (Phi) is 5.75. The van der Waals surface area contributed by atoms with Crippen molar-refractivity contribution in [3.8, 4) is 17.0 Å². The van der Waals surface area contributed by atoms with Gasteiger partial charge in [-0.1, -0.05) is 12.1 Å². The molecular weight excluding hydrogens is 470 g/mol. The molecule has 11 heteroatoms. The highest BCUT2D eigenvalue weighted by molar-refractivity contribution is 7.15. The van der Waals surface area contributed by atoms with E-state index in [-0.39, 0.29) is 18.5 Å². The van der Waals surface area contributed by atoms with Gasteiger partial charge in [0.15, 0.2) is 6.61 Å². The van der Waals surface area contributed by atoms with Crippen molar-refractivity contribution >= 4 is 50.7 Å². The van der Waals surface area contributed by atoms with Gasteiger partial charge in [-0.05, 0) is 36.8 Å². The Balaban J connectivity index is 1.26. The summed E-state index contributed by atoms with van der Waals surface area (Å²) in [6.07, 6.45) is 0. The summed E-state index contributed by atoms with van der Waals surface area (Å²) in [5, 5.41) is 12.5. The first kappa shape index (κ1) is 22.3. The van der Waals surface area contributed by atoms with Crippen LogP contribution in [0.1, 0.15) is 12.5 Å². The number of aromatic nitrogens is 3. The third-order valence-electron chi connectivity index (χ3n) is 5.13. The van der Waals surface area contributed by atoms with Crippen molar-refractivity contribution in [2.45, 2.75) is 13.8 Å². The van der Waals surface area contributed by atoms with Crippen molar-refractivity contribution in [2.75, 3.05) is 17.2 Å². The average Bonchev–Trinajstić information content (AvgIpc) is 3.38. The molecule has 0 aliphatic rings. The Hall–Kier alpha value is -4.51. The number of nitrogens with zero attached hydrogens (tertiary/aromatic N) is 3. The summed E-state index contributed by atoms with van der Waals surface area (Å²) in [6, 6.07) is 13.8. The van der Waals surface area contributed by atoms with Crippen molar-refractivity contribution in [3.63, 3.8) is 0 Å². The van der Waals surface area contributed by atoms with Gasteiger partial charge in [-0.2, -0.15) is 4.98 Å². The highest BCUT2D eigenvalue weighted by atomic mass is 32.1. The second kappa shape index (κ2) is 9.03. The average molecular weight is 490 g/mol. The Labute approximate surface area is 202 Å². The minimum Gasteiger partial charge on any atom is -0.484 e. The van der Waals surface area contributed by atoms with Crippen LogP contribution in [0, 0.1) is 6.92 Å². The number of rotatable bonds is 6. The number of anilines is 2. The van der Waals surface area contributed by atoms with Gasteiger partial charge in [-0.15, -0.1) is 16.4 Å². The van der Waals surface area contributed by atoms with Gasteiger partial charge in [-0.3, -0.25) is 14.9 Å². The molecule has 0 aliphatic carbocycles. The molecule has 3 aromatic heterocycles. The zero-order valence-corrected chi connectivity index (χ0v) is 19.5. The van der Waals surface area contributed by atoms with E-state index in [1.165, 1.54) is 24.3 Å². The fourth-order valence-corrected chi connectivity index (χ4v) is 4.40. The smallest absolute Gasteiger partial charge is 0.336 e. The molecule has 0 bridgehead atoms. The van der Waals surface area contributed by atoms with Crippen LogP contribution in [0.5, 0.6) is 5.75 Å². The van der Waals surface area contributed by atoms with Gasteiger partial charge in [0.25, 0.3) is 11.9 Å². The lowest BCUT2D eigenvalue weighted by molar-refractivity contribution is -0.118. The van der Waals surface area contributed by atoms with Gasteiger partial charge in [0.05, 0.1) is 5.69 Å². The molecule has 35 heavy (non-hydrogen) atoms. The summed E-state index contributed by atoms with van der Waals surface area (Å²) in [5.74, 6) is -0.0271. The first-order valence-corrected chi connectivity index (χ1v) is 11.4. The third kappa shape index (κ3) is 4.75. The minimum absolute atomic E-state index is 0.140. The van der Waals surface area contributed by atoms with E-state index < -0.39 is 11.5 Å². The number of amides is 2. The predicted molar refractivity (Wildman–Crippen MR) is 132 cm³/mol. The molecule has 10 nitrogen and oxygen atoms in total. The summed E-state index contributed by atoms with van der Waals surface area (Å²) >= 11 is 1.39. The largest absolute Gasteiger partial charge is 0.484 e. The molecule has 0 fully saturated rings. The fourth-order valence-electron chi connectivity index (χ4n) is 3.56. The van der Waals surface area contributed by atoms with Crippen LogP contribution in [0.25, 0.3) is 27.2 Å². The van der Waals surface area contributed by atoms with Gasteiger partial charge in [0.1, 0.15) is 11.3 Å². The summed E-state index contributed by atoms with van der Waals surface area (Å²) in [4.78, 5) is 40.2. The number of thiazole rings is 1. The van der Waals surface area contributed by atoms with E-state index in [4.69, 9.17) is 9.15 Å². The molecule has 0 spiro atoms. The van der Waals surface area contributed by atoms with Crippen molar-refractivity contribution < 1.29 is 18.7 Å². The monoisotopic (exact) mass is 489 g/mol. The maximum absolute atomic E-state index is 12.4. The zero-order valence-electron chi connectivity index (χ0n) is 18.7. The molecule has 176 valence electrons. The number of carbonyl (C=O) groups excluding carboxylic acids is 2. The fraction of sp³-hybridized carbons (Fsp3) is 0.125. The van der Waals surface area contributed by atoms with Crippen LogP contribution in [-0.2, 0) is 9.59 Å². The highest BCUT2D eigenvalue weighted by Crippen LogP contribution is 2.27. The van der Waals surface area contributed by atoms with Crippen LogP contribution < -0.4 is 21.0 Å². The van der Waals surface area contributed by atoms with Crippen LogP contribution in [-0.4, -0.2) is 33.0 Å². The Morgan fingerprint density at radius 2 is 1.91 bits per heavy atom.